The summed E-state index contributed by atoms with van der Waals surface area (Å²) in [7, 11) is 0. The molecule has 456 valence electrons. The van der Waals surface area contributed by atoms with Crippen molar-refractivity contribution in [3.05, 3.63) is 48.6 Å². The van der Waals surface area contributed by atoms with Gasteiger partial charge in [0.25, 0.3) is 0 Å². The van der Waals surface area contributed by atoms with Crippen LogP contribution in [-0.2, 0) is 28.6 Å². The summed E-state index contributed by atoms with van der Waals surface area (Å²) in [4.78, 5) is 38.4. The van der Waals surface area contributed by atoms with Crippen molar-refractivity contribution in [1.82, 2.24) is 0 Å². The summed E-state index contributed by atoms with van der Waals surface area (Å²) in [6.07, 6.45) is 84.3. The van der Waals surface area contributed by atoms with Crippen LogP contribution in [-0.4, -0.2) is 37.2 Å². The fourth-order valence-corrected chi connectivity index (χ4v) is 10.4. The smallest absolute Gasteiger partial charge is 0.306 e. The van der Waals surface area contributed by atoms with E-state index in [0.717, 1.165) is 96.3 Å². The van der Waals surface area contributed by atoms with Crippen LogP contribution in [0.5, 0.6) is 0 Å². The minimum atomic E-state index is -0.782. The maximum Gasteiger partial charge on any atom is 0.306 e. The van der Waals surface area contributed by atoms with Crippen LogP contribution in [0.4, 0.5) is 0 Å². The third kappa shape index (κ3) is 64.2. The number of unbranched alkanes of at least 4 members (excludes halogenated alkanes) is 45. The van der Waals surface area contributed by atoms with Crippen LogP contribution in [0, 0.1) is 0 Å². The lowest BCUT2D eigenvalue weighted by molar-refractivity contribution is -0.167. The summed E-state index contributed by atoms with van der Waals surface area (Å²) in [5.41, 5.74) is 0. The average molecular weight is 1090 g/mol. The molecule has 6 heteroatoms. The van der Waals surface area contributed by atoms with E-state index in [0.29, 0.717) is 19.3 Å². The van der Waals surface area contributed by atoms with Crippen molar-refractivity contribution in [1.29, 1.82) is 0 Å². The maximum atomic E-state index is 12.9. The molecule has 0 aliphatic rings. The number of hydrogen-bond acceptors (Lipinski definition) is 6. The maximum absolute atomic E-state index is 12.9. The summed E-state index contributed by atoms with van der Waals surface area (Å²) >= 11 is 0. The summed E-state index contributed by atoms with van der Waals surface area (Å²) in [5.74, 6) is -0.875. The van der Waals surface area contributed by atoms with Crippen LogP contribution in [0.2, 0.25) is 0 Å². The van der Waals surface area contributed by atoms with Crippen LogP contribution in [0.3, 0.4) is 0 Å². The Morgan fingerprint density at radius 3 is 0.795 bits per heavy atom. The van der Waals surface area contributed by atoms with E-state index in [4.69, 9.17) is 14.2 Å². The van der Waals surface area contributed by atoms with Gasteiger partial charge in [-0.2, -0.15) is 0 Å². The van der Waals surface area contributed by atoms with E-state index in [-0.39, 0.29) is 31.1 Å². The topological polar surface area (TPSA) is 78.9 Å². The molecule has 78 heavy (non-hydrogen) atoms. The molecule has 0 aromatic rings. The summed E-state index contributed by atoms with van der Waals surface area (Å²) < 4.78 is 17.0. The highest BCUT2D eigenvalue weighted by Gasteiger charge is 2.19. The van der Waals surface area contributed by atoms with Crippen molar-refractivity contribution in [3.63, 3.8) is 0 Å². The predicted octanol–water partition coefficient (Wildman–Crippen LogP) is 23.7. The Labute approximate surface area is 486 Å². The zero-order valence-electron chi connectivity index (χ0n) is 52.5. The Bertz CT molecular complexity index is 1350. The Balaban J connectivity index is 4.22. The molecular weight excluding hydrogens is 961 g/mol. The van der Waals surface area contributed by atoms with E-state index in [1.165, 1.54) is 238 Å². The van der Waals surface area contributed by atoms with Crippen molar-refractivity contribution >= 4 is 17.9 Å². The highest BCUT2D eigenvalue weighted by Crippen LogP contribution is 2.18. The molecule has 0 aromatic carbocycles. The van der Waals surface area contributed by atoms with Gasteiger partial charge >= 0.3 is 17.9 Å². The minimum Gasteiger partial charge on any atom is -0.462 e. The molecule has 0 bridgehead atoms. The Morgan fingerprint density at radius 2 is 0.500 bits per heavy atom. The molecule has 0 heterocycles. The molecular formula is C72H132O6. The van der Waals surface area contributed by atoms with Gasteiger partial charge in [-0.05, 0) is 77.0 Å². The Kier molecular flexibility index (Phi) is 64.6. The SMILES string of the molecule is CC/C=C\C/C=C\C/C=C\CCCCCCCC(=O)OCC(COC(=O)CCCCCCCCCCCCCCCCCCCCCCCCCCCCCC)OC(=O)CCCCCCCCC/C=C\CCCCCCCC. The van der Waals surface area contributed by atoms with E-state index in [9.17, 15) is 14.4 Å². The molecule has 0 amide bonds. The molecule has 0 rings (SSSR count). The van der Waals surface area contributed by atoms with Crippen molar-refractivity contribution in [3.8, 4) is 0 Å². The van der Waals surface area contributed by atoms with Gasteiger partial charge in [-0.1, -0.05) is 326 Å². The highest BCUT2D eigenvalue weighted by atomic mass is 16.6. The van der Waals surface area contributed by atoms with Crippen LogP contribution in [0.1, 0.15) is 374 Å². The van der Waals surface area contributed by atoms with Gasteiger partial charge in [-0.25, -0.2) is 0 Å². The van der Waals surface area contributed by atoms with Gasteiger partial charge in [-0.15, -0.1) is 0 Å². The first kappa shape index (κ1) is 75.4. The second-order valence-corrected chi connectivity index (χ2v) is 23.4. The summed E-state index contributed by atoms with van der Waals surface area (Å²) in [6, 6.07) is 0. The molecule has 0 aromatic heterocycles. The van der Waals surface area contributed by atoms with E-state index in [2.05, 4.69) is 69.4 Å². The van der Waals surface area contributed by atoms with Gasteiger partial charge in [0.15, 0.2) is 6.10 Å². The molecule has 0 saturated heterocycles. The standard InChI is InChI=1S/C72H132O6/c1-4-7-10-13-16-19-22-25-28-30-31-32-33-34-35-36-37-38-39-40-42-44-47-50-53-56-59-62-65-71(74)77-68-69(67-76-70(73)64-61-58-55-52-49-46-43-27-24-21-18-15-12-9-6-3)78-72(75)66-63-60-57-54-51-48-45-41-29-26-23-20-17-14-11-8-5-2/h9,12,18,21,26-27,29,43,69H,4-8,10-11,13-17,19-20,22-25,28,30-42,44-68H2,1-3H3/b12-9-,21-18-,29-26-,43-27-. The van der Waals surface area contributed by atoms with Crippen molar-refractivity contribution in [2.45, 2.75) is 380 Å². The zero-order valence-corrected chi connectivity index (χ0v) is 52.5. The molecule has 0 radical (unpaired) electrons. The fourth-order valence-electron chi connectivity index (χ4n) is 10.4. The number of rotatable bonds is 64. The monoisotopic (exact) mass is 1090 g/mol. The number of carbonyl (C=O) groups excluding carboxylic acids is 3. The minimum absolute atomic E-state index is 0.0767. The van der Waals surface area contributed by atoms with Gasteiger partial charge in [0.05, 0.1) is 0 Å². The number of hydrogen-bond donors (Lipinski definition) is 0. The average Bonchev–Trinajstić information content (AvgIpc) is 3.44. The van der Waals surface area contributed by atoms with Crippen LogP contribution >= 0.6 is 0 Å². The van der Waals surface area contributed by atoms with Gasteiger partial charge in [-0.3, -0.25) is 14.4 Å². The Hall–Kier alpha value is -2.63. The molecule has 1 atom stereocenters. The lowest BCUT2D eigenvalue weighted by Gasteiger charge is -2.18. The quantitative estimate of drug-likeness (QED) is 0.0261. The number of carbonyl (C=O) groups is 3. The van der Waals surface area contributed by atoms with Gasteiger partial charge in [0, 0.05) is 19.3 Å². The first-order valence-electron chi connectivity index (χ1n) is 34.6. The Morgan fingerprint density at radius 1 is 0.269 bits per heavy atom. The number of allylic oxidation sites excluding steroid dienone is 8. The second kappa shape index (κ2) is 66.9. The largest absolute Gasteiger partial charge is 0.462 e. The summed E-state index contributed by atoms with van der Waals surface area (Å²) in [5, 5.41) is 0. The number of esters is 3. The predicted molar refractivity (Wildman–Crippen MR) is 339 cm³/mol. The fraction of sp³-hybridized carbons (Fsp3) is 0.847. The molecule has 0 N–H and O–H groups in total. The third-order valence-corrected chi connectivity index (χ3v) is 15.6. The molecule has 0 aliphatic heterocycles. The van der Waals surface area contributed by atoms with Crippen molar-refractivity contribution in [2.75, 3.05) is 13.2 Å². The zero-order chi connectivity index (χ0) is 56.4. The normalized spacial score (nSPS) is 12.3. The van der Waals surface area contributed by atoms with Crippen molar-refractivity contribution < 1.29 is 28.6 Å². The van der Waals surface area contributed by atoms with E-state index < -0.39 is 6.10 Å². The van der Waals surface area contributed by atoms with Gasteiger partial charge in [0.2, 0.25) is 0 Å². The lowest BCUT2D eigenvalue weighted by Crippen LogP contribution is -2.30. The first-order valence-corrected chi connectivity index (χ1v) is 34.6. The van der Waals surface area contributed by atoms with Gasteiger partial charge in [0.1, 0.15) is 13.2 Å². The first-order chi connectivity index (χ1) is 38.5. The highest BCUT2D eigenvalue weighted by molar-refractivity contribution is 5.71. The van der Waals surface area contributed by atoms with Crippen LogP contribution in [0.25, 0.3) is 0 Å². The van der Waals surface area contributed by atoms with Gasteiger partial charge < -0.3 is 14.2 Å². The third-order valence-electron chi connectivity index (χ3n) is 15.6. The van der Waals surface area contributed by atoms with E-state index >= 15 is 0 Å². The molecule has 0 spiro atoms. The van der Waals surface area contributed by atoms with Crippen LogP contribution in [0.15, 0.2) is 48.6 Å². The molecule has 0 fully saturated rings. The molecule has 1 unspecified atom stereocenters. The number of ether oxygens (including phenoxy) is 3. The second-order valence-electron chi connectivity index (χ2n) is 23.4. The van der Waals surface area contributed by atoms with Crippen molar-refractivity contribution in [2.24, 2.45) is 0 Å². The lowest BCUT2D eigenvalue weighted by atomic mass is 10.0. The molecule has 0 saturated carbocycles. The molecule has 6 nitrogen and oxygen atoms in total. The summed E-state index contributed by atoms with van der Waals surface area (Å²) in [6.45, 7) is 6.57. The van der Waals surface area contributed by atoms with E-state index in [1.807, 2.05) is 0 Å². The van der Waals surface area contributed by atoms with Crippen LogP contribution < -0.4 is 0 Å². The van der Waals surface area contributed by atoms with E-state index in [1.54, 1.807) is 0 Å². The molecule has 0 aliphatic carbocycles.